The summed E-state index contributed by atoms with van der Waals surface area (Å²) in [4.78, 5) is 26.5. The highest BCUT2D eigenvalue weighted by molar-refractivity contribution is 5.98. The van der Waals surface area contributed by atoms with Gasteiger partial charge in [0.05, 0.1) is 24.0 Å². The molecule has 3 heterocycles. The van der Waals surface area contributed by atoms with Gasteiger partial charge in [-0.05, 0) is 42.0 Å². The van der Waals surface area contributed by atoms with Crippen LogP contribution in [-0.2, 0) is 4.79 Å². The lowest BCUT2D eigenvalue weighted by Crippen LogP contribution is -2.35. The zero-order valence-electron chi connectivity index (χ0n) is 18.1. The molecule has 1 amide bonds. The topological polar surface area (TPSA) is 96.2 Å². The lowest BCUT2D eigenvalue weighted by atomic mass is 9.88. The van der Waals surface area contributed by atoms with Crippen molar-refractivity contribution in [1.29, 1.82) is 0 Å². The second kappa shape index (κ2) is 7.84. The predicted octanol–water partition coefficient (Wildman–Crippen LogP) is 4.06. The largest absolute Gasteiger partial charge is 0.497 e. The maximum Gasteiger partial charge on any atom is 0.344 e. The van der Waals surface area contributed by atoms with Crippen molar-refractivity contribution in [3.8, 4) is 23.0 Å². The van der Waals surface area contributed by atoms with E-state index in [-0.39, 0.29) is 6.79 Å². The molecule has 8 heteroatoms. The molecule has 2 atom stereocenters. The molecule has 34 heavy (non-hydrogen) atoms. The van der Waals surface area contributed by atoms with E-state index in [1.54, 1.807) is 55.6 Å². The van der Waals surface area contributed by atoms with E-state index in [0.29, 0.717) is 45.2 Å². The lowest BCUT2D eigenvalue weighted by Gasteiger charge is -2.19. The number of rotatable bonds is 4. The molecule has 0 bridgehead atoms. The van der Waals surface area contributed by atoms with Crippen LogP contribution in [0.5, 0.6) is 23.0 Å². The van der Waals surface area contributed by atoms with Crippen LogP contribution < -0.4 is 29.9 Å². The van der Waals surface area contributed by atoms with E-state index in [2.05, 4.69) is 5.32 Å². The first-order valence-corrected chi connectivity index (χ1v) is 10.7. The molecule has 1 N–H and O–H groups in total. The number of nitrogens with one attached hydrogen (secondary N) is 1. The van der Waals surface area contributed by atoms with Crippen molar-refractivity contribution in [2.75, 3.05) is 19.2 Å². The maximum atomic E-state index is 13.5. The van der Waals surface area contributed by atoms with Crippen LogP contribution in [0.1, 0.15) is 17.0 Å². The fraction of sp³-hybridized carbons (Fsp3) is 0.154. The van der Waals surface area contributed by atoms with Gasteiger partial charge in [-0.15, -0.1) is 0 Å². The van der Waals surface area contributed by atoms with E-state index >= 15 is 0 Å². The van der Waals surface area contributed by atoms with Crippen molar-refractivity contribution in [1.82, 2.24) is 0 Å². The van der Waals surface area contributed by atoms with Crippen LogP contribution in [0.3, 0.4) is 0 Å². The van der Waals surface area contributed by atoms with Crippen molar-refractivity contribution in [3.63, 3.8) is 0 Å². The minimum Gasteiger partial charge on any atom is -0.497 e. The lowest BCUT2D eigenvalue weighted by molar-refractivity contribution is -0.122. The Morgan fingerprint density at radius 1 is 1.00 bits per heavy atom. The Hall–Kier alpha value is -4.46. The highest BCUT2D eigenvalue weighted by Gasteiger charge is 2.44. The zero-order valence-corrected chi connectivity index (χ0v) is 18.1. The highest BCUT2D eigenvalue weighted by Crippen LogP contribution is 2.45. The van der Waals surface area contributed by atoms with Gasteiger partial charge in [0.2, 0.25) is 6.79 Å². The highest BCUT2D eigenvalue weighted by atomic mass is 16.7. The summed E-state index contributed by atoms with van der Waals surface area (Å²) >= 11 is 0. The summed E-state index contributed by atoms with van der Waals surface area (Å²) in [7, 11) is 1.57. The Labute approximate surface area is 193 Å². The molecule has 6 rings (SSSR count). The molecule has 0 spiro atoms. The van der Waals surface area contributed by atoms with Crippen molar-refractivity contribution >= 4 is 22.6 Å². The van der Waals surface area contributed by atoms with E-state index in [0.717, 1.165) is 5.56 Å². The molecule has 3 aromatic carbocycles. The van der Waals surface area contributed by atoms with Gasteiger partial charge in [-0.3, -0.25) is 4.79 Å². The second-order valence-electron chi connectivity index (χ2n) is 7.98. The average molecular weight is 457 g/mol. The third kappa shape index (κ3) is 3.23. The number of hydrogen-bond donors (Lipinski definition) is 1. The number of amides is 1. The number of methoxy groups -OCH3 is 1. The minimum atomic E-state index is -0.998. The molecule has 0 unspecified atom stereocenters. The van der Waals surface area contributed by atoms with Gasteiger partial charge in [-0.25, -0.2) is 4.79 Å². The van der Waals surface area contributed by atoms with Gasteiger partial charge < -0.3 is 28.7 Å². The minimum absolute atomic E-state index is 0.135. The molecule has 0 saturated heterocycles. The smallest absolute Gasteiger partial charge is 0.344 e. The third-order valence-corrected chi connectivity index (χ3v) is 6.03. The molecule has 1 aromatic heterocycles. The van der Waals surface area contributed by atoms with Crippen LogP contribution in [0, 0.1) is 0 Å². The quantitative estimate of drug-likeness (QED) is 0.462. The predicted molar refractivity (Wildman–Crippen MR) is 123 cm³/mol. The number of anilines is 1. The molecule has 0 aliphatic carbocycles. The van der Waals surface area contributed by atoms with Crippen LogP contribution in [0.4, 0.5) is 5.69 Å². The molecule has 0 saturated carbocycles. The summed E-state index contributed by atoms with van der Waals surface area (Å²) < 4.78 is 27.8. The van der Waals surface area contributed by atoms with Gasteiger partial charge in [-0.2, -0.15) is 0 Å². The second-order valence-corrected chi connectivity index (χ2v) is 7.98. The van der Waals surface area contributed by atoms with Crippen molar-refractivity contribution < 1.29 is 28.2 Å². The van der Waals surface area contributed by atoms with E-state index in [1.807, 2.05) is 18.2 Å². The summed E-state index contributed by atoms with van der Waals surface area (Å²) in [5.41, 5.74) is 1.44. The van der Waals surface area contributed by atoms with Crippen LogP contribution >= 0.6 is 0 Å². The Balaban J connectivity index is 1.43. The molecule has 0 fully saturated rings. The standard InChI is InChI=1S/C26H19NO7/c1-30-16-9-6-14(7-10-16)21-22-23(17-4-2-3-5-18(17)33-26(22)29)34-24(21)25(28)27-15-8-11-19-20(12-15)32-13-31-19/h2-12,21,24H,13H2,1H3,(H,27,28)/t21-,24-/m0/s1. The first-order valence-electron chi connectivity index (χ1n) is 10.7. The van der Waals surface area contributed by atoms with Crippen molar-refractivity contribution in [2.24, 2.45) is 0 Å². The number of carbonyl (C=O) groups excluding carboxylic acids is 1. The fourth-order valence-corrected chi connectivity index (χ4v) is 4.42. The Kier molecular flexibility index (Phi) is 4.65. The number of benzene rings is 3. The van der Waals surface area contributed by atoms with Crippen LogP contribution in [0.2, 0.25) is 0 Å². The van der Waals surface area contributed by atoms with Crippen LogP contribution in [0.25, 0.3) is 11.0 Å². The number of hydrogen-bond acceptors (Lipinski definition) is 7. The normalized spacial score (nSPS) is 17.8. The van der Waals surface area contributed by atoms with Crippen LogP contribution in [0.15, 0.2) is 75.9 Å². The molecule has 170 valence electrons. The number of para-hydroxylation sites is 1. The fourth-order valence-electron chi connectivity index (χ4n) is 4.42. The summed E-state index contributed by atoms with van der Waals surface area (Å²) in [5, 5.41) is 3.51. The number of ether oxygens (including phenoxy) is 4. The zero-order chi connectivity index (χ0) is 23.2. The first-order chi connectivity index (χ1) is 16.6. The molecule has 2 aliphatic rings. The van der Waals surface area contributed by atoms with E-state index in [9.17, 15) is 9.59 Å². The van der Waals surface area contributed by atoms with Gasteiger partial charge in [0.25, 0.3) is 5.91 Å². The Bertz CT molecular complexity index is 1480. The van der Waals surface area contributed by atoms with Crippen molar-refractivity contribution in [2.45, 2.75) is 12.0 Å². The monoisotopic (exact) mass is 457 g/mol. The molecular weight excluding hydrogens is 438 g/mol. The number of carbonyl (C=O) groups is 1. The van der Waals surface area contributed by atoms with E-state index < -0.39 is 23.6 Å². The first kappa shape index (κ1) is 20.2. The molecular formula is C26H19NO7. The average Bonchev–Trinajstić information content (AvgIpc) is 3.49. The number of fused-ring (bicyclic) bond motifs is 4. The summed E-state index contributed by atoms with van der Waals surface area (Å²) in [6, 6.07) is 19.4. The maximum absolute atomic E-state index is 13.5. The third-order valence-electron chi connectivity index (χ3n) is 6.03. The molecule has 2 aliphatic heterocycles. The van der Waals surface area contributed by atoms with Gasteiger partial charge in [0.15, 0.2) is 17.6 Å². The van der Waals surface area contributed by atoms with Gasteiger partial charge >= 0.3 is 5.63 Å². The molecule has 4 aromatic rings. The summed E-state index contributed by atoms with van der Waals surface area (Å²) in [5.74, 6) is 1.11. The van der Waals surface area contributed by atoms with E-state index in [1.165, 1.54) is 0 Å². The summed E-state index contributed by atoms with van der Waals surface area (Å²) in [6.45, 7) is 0.135. The van der Waals surface area contributed by atoms with Crippen molar-refractivity contribution in [3.05, 3.63) is 88.3 Å². The van der Waals surface area contributed by atoms with Gasteiger partial charge in [-0.1, -0.05) is 24.3 Å². The molecule has 0 radical (unpaired) electrons. The van der Waals surface area contributed by atoms with E-state index in [4.69, 9.17) is 23.4 Å². The Morgan fingerprint density at radius 2 is 1.79 bits per heavy atom. The summed E-state index contributed by atoms with van der Waals surface area (Å²) in [6.07, 6.45) is -0.998. The van der Waals surface area contributed by atoms with Crippen LogP contribution in [-0.4, -0.2) is 25.9 Å². The Morgan fingerprint density at radius 3 is 2.62 bits per heavy atom. The van der Waals surface area contributed by atoms with Gasteiger partial charge in [0.1, 0.15) is 17.1 Å². The molecule has 8 nitrogen and oxygen atoms in total. The SMILES string of the molecule is COc1ccc([C@H]2c3c(c4ccccc4oc3=O)O[C@@H]2C(=O)Nc2ccc3c(c2)OCO3)cc1. The van der Waals surface area contributed by atoms with Gasteiger partial charge in [0, 0.05) is 11.8 Å².